The van der Waals surface area contributed by atoms with Gasteiger partial charge in [-0.2, -0.15) is 0 Å². The van der Waals surface area contributed by atoms with Crippen molar-refractivity contribution in [2.45, 2.75) is 44.8 Å². The Bertz CT molecular complexity index is 1140. The molecular formula is C24H30IN3O2S. The number of morpholine rings is 2. The predicted molar refractivity (Wildman–Crippen MR) is 137 cm³/mol. The zero-order valence-electron chi connectivity index (χ0n) is 18.7. The minimum atomic E-state index is -0.0472. The highest BCUT2D eigenvalue weighted by Gasteiger charge is 2.24. The Morgan fingerprint density at radius 3 is 2.29 bits per heavy atom. The molecular weight excluding hydrogens is 521 g/mol. The fraction of sp³-hybridized carbons (Fsp3) is 0.500. The third-order valence-corrected chi connectivity index (χ3v) is 10.5. The van der Waals surface area contributed by atoms with Gasteiger partial charge in [0.1, 0.15) is 0 Å². The quantitative estimate of drug-likeness (QED) is 0.391. The van der Waals surface area contributed by atoms with Crippen molar-refractivity contribution in [3.63, 3.8) is 0 Å². The third kappa shape index (κ3) is 4.14. The number of anilines is 2. The first-order valence-electron chi connectivity index (χ1n) is 11.1. The van der Waals surface area contributed by atoms with E-state index in [1.807, 2.05) is 0 Å². The van der Waals surface area contributed by atoms with E-state index in [1.54, 1.807) is 0 Å². The van der Waals surface area contributed by atoms with Gasteiger partial charge in [-0.05, 0) is 84.3 Å². The van der Waals surface area contributed by atoms with Gasteiger partial charge in [0.25, 0.3) is 0 Å². The molecule has 0 N–H and O–H groups in total. The minimum Gasteiger partial charge on any atom is -0.378 e. The molecule has 2 aromatic rings. The smallest absolute Gasteiger partial charge is 0.0806 e. The molecule has 3 aliphatic rings. The van der Waals surface area contributed by atoms with E-state index in [2.05, 4.69) is 83.0 Å². The Balaban J connectivity index is 1.62. The van der Waals surface area contributed by atoms with Gasteiger partial charge in [-0.15, -0.1) is 0 Å². The summed E-state index contributed by atoms with van der Waals surface area (Å²) in [6.45, 7) is 14.1. The minimum absolute atomic E-state index is 0.0472. The molecule has 0 radical (unpaired) electrons. The molecule has 1 unspecified atom stereocenters. The lowest BCUT2D eigenvalue weighted by Crippen LogP contribution is -2.45. The van der Waals surface area contributed by atoms with E-state index in [1.165, 1.54) is 31.9 Å². The van der Waals surface area contributed by atoms with Crippen LogP contribution in [0.5, 0.6) is 0 Å². The van der Waals surface area contributed by atoms with Crippen molar-refractivity contribution in [1.29, 1.82) is 0 Å². The number of benzene rings is 2. The lowest BCUT2D eigenvalue weighted by molar-refractivity contribution is -0.00522. The molecule has 0 amide bonds. The lowest BCUT2D eigenvalue weighted by Gasteiger charge is -2.37. The average molecular weight is 551 g/mol. The van der Waals surface area contributed by atoms with Crippen molar-refractivity contribution in [2.24, 2.45) is 4.99 Å². The summed E-state index contributed by atoms with van der Waals surface area (Å²) in [4.78, 5) is 11.5. The molecule has 3 heterocycles. The summed E-state index contributed by atoms with van der Waals surface area (Å²) in [6, 6.07) is 9.36. The summed E-state index contributed by atoms with van der Waals surface area (Å²) in [5.41, 5.74) is 6.28. The van der Waals surface area contributed by atoms with Crippen molar-refractivity contribution in [3.05, 3.63) is 45.3 Å². The fourth-order valence-corrected chi connectivity index (χ4v) is 8.28. The monoisotopic (exact) mass is 551 g/mol. The number of halogens is 1. The normalized spacial score (nSPS) is 25.6. The third-order valence-electron chi connectivity index (χ3n) is 6.27. The molecule has 7 heteroatoms. The summed E-state index contributed by atoms with van der Waals surface area (Å²) >= 11 is 2.64. The number of aryl methyl sites for hydroxylation is 2. The number of fused-ring (bicyclic) bond motifs is 2. The standard InChI is InChI=1S/C24H30IN3O2S/c1-15-9-19(27-5-7-29-8-6-27)11-21-23(15)26-24-16(2)10-20(12-22(24)31(21)25)28-13-17(3)30-18(4)14-28/h9-12,17-18H,5-8,13-14H2,1-4H3/t17-,18-,31?/m0/s1. The Morgan fingerprint density at radius 2 is 1.58 bits per heavy atom. The molecule has 0 spiro atoms. The molecule has 5 rings (SSSR count). The van der Waals surface area contributed by atoms with Gasteiger partial charge in [-0.3, -0.25) is 0 Å². The number of hydrogen-bond acceptors (Lipinski definition) is 5. The first-order valence-corrected chi connectivity index (χ1v) is 14.8. The van der Waals surface area contributed by atoms with E-state index < -0.39 is 0 Å². The lowest BCUT2D eigenvalue weighted by atomic mass is 10.1. The predicted octanol–water partition coefficient (Wildman–Crippen LogP) is 4.95. The first-order chi connectivity index (χ1) is 14.9. The number of nitrogens with zero attached hydrogens (tertiary/aromatic N) is 3. The highest BCUT2D eigenvalue weighted by Crippen LogP contribution is 2.48. The van der Waals surface area contributed by atoms with Gasteiger partial charge in [0.05, 0.1) is 36.5 Å². The van der Waals surface area contributed by atoms with E-state index in [9.17, 15) is 0 Å². The van der Waals surface area contributed by atoms with Gasteiger partial charge >= 0.3 is 0 Å². The van der Waals surface area contributed by atoms with Gasteiger partial charge in [0, 0.05) is 47.0 Å². The van der Waals surface area contributed by atoms with Gasteiger partial charge in [0.15, 0.2) is 0 Å². The maximum Gasteiger partial charge on any atom is 0.0806 e. The molecule has 0 aromatic heterocycles. The second-order valence-corrected chi connectivity index (χ2v) is 12.9. The molecule has 0 bridgehead atoms. The van der Waals surface area contributed by atoms with Crippen LogP contribution in [0.1, 0.15) is 25.0 Å². The van der Waals surface area contributed by atoms with Crippen molar-refractivity contribution in [1.82, 2.24) is 0 Å². The zero-order valence-corrected chi connectivity index (χ0v) is 21.6. The maximum absolute atomic E-state index is 5.96. The molecule has 0 aliphatic carbocycles. The second-order valence-electron chi connectivity index (χ2n) is 8.85. The van der Waals surface area contributed by atoms with E-state index >= 15 is 0 Å². The van der Waals surface area contributed by atoms with Gasteiger partial charge in [-0.1, -0.05) is 7.66 Å². The Hall–Kier alpha value is -1.16. The summed E-state index contributed by atoms with van der Waals surface area (Å²) in [5.74, 6) is 0. The van der Waals surface area contributed by atoms with Crippen LogP contribution in [-0.4, -0.2) is 51.6 Å². The molecule has 0 saturated carbocycles. The SMILES string of the molecule is Cc1cc(N2CCOCC2)cc2c1N=c1c(C)cc(N3C[C@H](C)O[C@@H](C)C3)cc1=S2I. The summed E-state index contributed by atoms with van der Waals surface area (Å²) < 4.78 is 12.9. The van der Waals surface area contributed by atoms with E-state index in [-0.39, 0.29) is 19.9 Å². The molecule has 166 valence electrons. The van der Waals surface area contributed by atoms with Crippen LogP contribution < -0.4 is 15.2 Å². The van der Waals surface area contributed by atoms with E-state index in [0.29, 0.717) is 0 Å². The van der Waals surface area contributed by atoms with Crippen LogP contribution >= 0.6 is 28.9 Å². The molecule has 3 aliphatic heterocycles. The number of hydrogen-bond donors (Lipinski definition) is 0. The first kappa shape index (κ1) is 21.7. The van der Waals surface area contributed by atoms with E-state index in [0.717, 1.165) is 50.4 Å². The van der Waals surface area contributed by atoms with Crippen molar-refractivity contribution in [2.75, 3.05) is 49.2 Å². The van der Waals surface area contributed by atoms with Crippen LogP contribution in [0.4, 0.5) is 17.1 Å². The molecule has 31 heavy (non-hydrogen) atoms. The Kier molecular flexibility index (Phi) is 6.05. The Morgan fingerprint density at radius 1 is 0.935 bits per heavy atom. The number of ether oxygens (including phenoxy) is 2. The average Bonchev–Trinajstić information content (AvgIpc) is 2.75. The summed E-state index contributed by atoms with van der Waals surface area (Å²) in [5, 5.41) is 1.16. The number of rotatable bonds is 2. The highest BCUT2D eigenvalue weighted by molar-refractivity contribution is 14.2. The molecule has 2 saturated heterocycles. The highest BCUT2D eigenvalue weighted by atomic mass is 127. The van der Waals surface area contributed by atoms with Crippen LogP contribution in [0.3, 0.4) is 0 Å². The molecule has 5 nitrogen and oxygen atoms in total. The maximum atomic E-state index is 5.96. The van der Waals surface area contributed by atoms with Gasteiger partial charge < -0.3 is 19.3 Å². The largest absolute Gasteiger partial charge is 0.378 e. The Labute approximate surface area is 198 Å². The summed E-state index contributed by atoms with van der Waals surface area (Å²) in [6.07, 6.45) is 0.504. The zero-order chi connectivity index (χ0) is 21.7. The van der Waals surface area contributed by atoms with Crippen molar-refractivity contribution in [3.8, 4) is 0 Å². The summed E-state index contributed by atoms with van der Waals surface area (Å²) in [7, 11) is -0.0472. The van der Waals surface area contributed by atoms with Crippen LogP contribution in [0, 0.1) is 18.4 Å². The van der Waals surface area contributed by atoms with Gasteiger partial charge in [0.2, 0.25) is 0 Å². The van der Waals surface area contributed by atoms with E-state index in [4.69, 9.17) is 14.5 Å². The molecule has 2 fully saturated rings. The fourth-order valence-electron chi connectivity index (χ4n) is 4.82. The van der Waals surface area contributed by atoms with Crippen molar-refractivity contribution < 1.29 is 9.47 Å². The van der Waals surface area contributed by atoms with Crippen molar-refractivity contribution >= 4 is 45.9 Å². The second kappa shape index (κ2) is 8.65. The van der Waals surface area contributed by atoms with Crippen LogP contribution in [0.15, 0.2) is 34.2 Å². The van der Waals surface area contributed by atoms with Gasteiger partial charge in [-0.25, -0.2) is 4.99 Å². The van der Waals surface area contributed by atoms with Crippen LogP contribution in [0.2, 0.25) is 0 Å². The molecule has 2 aromatic carbocycles. The topological polar surface area (TPSA) is 37.3 Å². The van der Waals surface area contributed by atoms with Crippen LogP contribution in [-0.2, 0) is 9.47 Å². The van der Waals surface area contributed by atoms with Crippen LogP contribution in [0.25, 0.3) is 0 Å². The molecule has 3 atom stereocenters.